The molecule has 0 saturated carbocycles. The summed E-state index contributed by atoms with van der Waals surface area (Å²) in [5, 5.41) is 2.14. The van der Waals surface area contributed by atoms with E-state index in [-0.39, 0.29) is 11.9 Å². The highest BCUT2D eigenvalue weighted by Crippen LogP contribution is 2.30. The van der Waals surface area contributed by atoms with Crippen molar-refractivity contribution in [3.63, 3.8) is 0 Å². The summed E-state index contributed by atoms with van der Waals surface area (Å²) < 4.78 is 32.9. The highest BCUT2D eigenvalue weighted by molar-refractivity contribution is 7.90. The van der Waals surface area contributed by atoms with Crippen LogP contribution in [0.25, 0.3) is 0 Å². The highest BCUT2D eigenvalue weighted by Gasteiger charge is 2.27. The van der Waals surface area contributed by atoms with Crippen LogP contribution in [0.3, 0.4) is 0 Å². The lowest BCUT2D eigenvalue weighted by Crippen LogP contribution is -2.39. The van der Waals surface area contributed by atoms with Gasteiger partial charge in [-0.2, -0.15) is 0 Å². The summed E-state index contributed by atoms with van der Waals surface area (Å²) in [4.78, 5) is 11.7. The van der Waals surface area contributed by atoms with Crippen molar-refractivity contribution in [2.24, 2.45) is 0 Å². The summed E-state index contributed by atoms with van der Waals surface area (Å²) >= 11 is 0. The maximum Gasteiger partial charge on any atom is 0.251 e. The molecule has 3 rings (SSSR count). The van der Waals surface area contributed by atoms with Gasteiger partial charge in [0, 0.05) is 18.7 Å². The largest absolute Gasteiger partial charge is 0.457 e. The molecular weight excluding hydrogens is 364 g/mol. The number of amides is 1. The lowest BCUT2D eigenvalue weighted by molar-refractivity contribution is 0.0962. The van der Waals surface area contributed by atoms with Crippen molar-refractivity contribution in [1.82, 2.24) is 10.0 Å². The molecule has 1 aliphatic rings. The number of rotatable bonds is 6. The minimum absolute atomic E-state index is 0.126. The van der Waals surface area contributed by atoms with E-state index in [1.165, 1.54) is 0 Å². The molecule has 1 aliphatic carbocycles. The molecule has 1 atom stereocenters. The van der Waals surface area contributed by atoms with Crippen molar-refractivity contribution < 1.29 is 17.9 Å². The molecule has 1 amide bonds. The molecule has 0 saturated heterocycles. The standard InChI is InChI=1S/C20H24N2O4S/c1-13(2)27(24,25)22-17-9-14-7-8-19(12-16(14)10-17)26-18-6-4-5-15(11-18)20(23)21-3/h4-8,11-13,17,22H,9-10H2,1-3H3,(H,21,23). The molecule has 0 fully saturated rings. The van der Waals surface area contributed by atoms with Crippen LogP contribution in [0.4, 0.5) is 0 Å². The Morgan fingerprint density at radius 1 is 1.07 bits per heavy atom. The van der Waals surface area contributed by atoms with E-state index in [1.807, 2.05) is 18.2 Å². The molecule has 6 nitrogen and oxygen atoms in total. The first kappa shape index (κ1) is 19.4. The molecule has 2 N–H and O–H groups in total. The Kier molecular flexibility index (Phi) is 5.53. The van der Waals surface area contributed by atoms with Crippen LogP contribution in [-0.2, 0) is 22.9 Å². The fraction of sp³-hybridized carbons (Fsp3) is 0.350. The van der Waals surface area contributed by atoms with Gasteiger partial charge >= 0.3 is 0 Å². The summed E-state index contributed by atoms with van der Waals surface area (Å²) in [5.41, 5.74) is 2.73. The Hall–Kier alpha value is -2.38. The lowest BCUT2D eigenvalue weighted by Gasteiger charge is -2.14. The van der Waals surface area contributed by atoms with Crippen LogP contribution in [0, 0.1) is 0 Å². The van der Waals surface area contributed by atoms with Gasteiger partial charge in [-0.05, 0) is 68.1 Å². The summed E-state index contributed by atoms with van der Waals surface area (Å²) in [7, 11) is -1.71. The van der Waals surface area contributed by atoms with Crippen molar-refractivity contribution in [2.45, 2.75) is 38.0 Å². The van der Waals surface area contributed by atoms with Gasteiger partial charge in [-0.1, -0.05) is 12.1 Å². The quantitative estimate of drug-likeness (QED) is 0.797. The van der Waals surface area contributed by atoms with Gasteiger partial charge < -0.3 is 10.1 Å². The molecule has 0 bridgehead atoms. The number of fused-ring (bicyclic) bond motifs is 1. The van der Waals surface area contributed by atoms with Crippen LogP contribution < -0.4 is 14.8 Å². The van der Waals surface area contributed by atoms with Gasteiger partial charge in [-0.25, -0.2) is 13.1 Å². The van der Waals surface area contributed by atoms with Gasteiger partial charge in [0.05, 0.1) is 5.25 Å². The van der Waals surface area contributed by atoms with E-state index in [0.717, 1.165) is 11.1 Å². The van der Waals surface area contributed by atoms with E-state index in [4.69, 9.17) is 4.74 Å². The van der Waals surface area contributed by atoms with Gasteiger partial charge in [0.1, 0.15) is 11.5 Å². The normalized spacial score (nSPS) is 16.2. The van der Waals surface area contributed by atoms with E-state index in [2.05, 4.69) is 10.0 Å². The number of ether oxygens (including phenoxy) is 1. The van der Waals surface area contributed by atoms with E-state index in [1.54, 1.807) is 45.2 Å². The molecule has 0 aromatic heterocycles. The van der Waals surface area contributed by atoms with E-state index in [0.29, 0.717) is 29.9 Å². The van der Waals surface area contributed by atoms with Crippen molar-refractivity contribution in [3.05, 3.63) is 59.2 Å². The molecule has 0 heterocycles. The second kappa shape index (κ2) is 7.70. The van der Waals surface area contributed by atoms with Crippen LogP contribution in [0.15, 0.2) is 42.5 Å². The maximum absolute atomic E-state index is 12.1. The Labute approximate surface area is 160 Å². The number of benzene rings is 2. The molecule has 2 aromatic rings. The molecule has 0 aliphatic heterocycles. The van der Waals surface area contributed by atoms with E-state index < -0.39 is 15.3 Å². The third-order valence-corrected chi connectivity index (χ3v) is 6.52. The van der Waals surface area contributed by atoms with Crippen LogP contribution >= 0.6 is 0 Å². The first-order chi connectivity index (χ1) is 12.8. The Morgan fingerprint density at radius 3 is 2.48 bits per heavy atom. The van der Waals surface area contributed by atoms with Crippen molar-refractivity contribution >= 4 is 15.9 Å². The molecule has 0 spiro atoms. The first-order valence-electron chi connectivity index (χ1n) is 8.91. The molecule has 7 heteroatoms. The average Bonchev–Trinajstić information content (AvgIpc) is 3.01. The topological polar surface area (TPSA) is 84.5 Å². The number of nitrogens with one attached hydrogen (secondary N) is 2. The second-order valence-electron chi connectivity index (χ2n) is 6.96. The fourth-order valence-corrected chi connectivity index (χ4v) is 3.99. The molecule has 2 aromatic carbocycles. The minimum Gasteiger partial charge on any atom is -0.457 e. The number of hydrogen-bond donors (Lipinski definition) is 2. The second-order valence-corrected chi connectivity index (χ2v) is 9.22. The minimum atomic E-state index is -3.29. The zero-order valence-electron chi connectivity index (χ0n) is 15.7. The fourth-order valence-electron chi connectivity index (χ4n) is 3.09. The van der Waals surface area contributed by atoms with Gasteiger partial charge in [0.15, 0.2) is 0 Å². The summed E-state index contributed by atoms with van der Waals surface area (Å²) in [6, 6.07) is 12.6. The first-order valence-corrected chi connectivity index (χ1v) is 10.5. The van der Waals surface area contributed by atoms with Crippen LogP contribution in [0.5, 0.6) is 11.5 Å². The van der Waals surface area contributed by atoms with Crippen molar-refractivity contribution in [2.75, 3.05) is 7.05 Å². The van der Waals surface area contributed by atoms with Gasteiger partial charge in [-0.15, -0.1) is 0 Å². The van der Waals surface area contributed by atoms with E-state index >= 15 is 0 Å². The Morgan fingerprint density at radius 2 is 1.78 bits per heavy atom. The zero-order valence-corrected chi connectivity index (χ0v) is 16.5. The Balaban J connectivity index is 1.72. The van der Waals surface area contributed by atoms with Crippen LogP contribution in [0.2, 0.25) is 0 Å². The third kappa shape index (κ3) is 4.48. The predicted octanol–water partition coefficient (Wildman–Crippen LogP) is 2.63. The monoisotopic (exact) mass is 388 g/mol. The summed E-state index contributed by atoms with van der Waals surface area (Å²) in [6.45, 7) is 3.34. The Bertz CT molecular complexity index is 954. The zero-order chi connectivity index (χ0) is 19.6. The summed E-state index contributed by atoms with van der Waals surface area (Å²) in [5.74, 6) is 1.07. The third-order valence-electron chi connectivity index (χ3n) is 4.62. The number of carbonyl (C=O) groups excluding carboxylic acids is 1. The number of carbonyl (C=O) groups is 1. The van der Waals surface area contributed by atoms with Crippen LogP contribution in [0.1, 0.15) is 35.3 Å². The summed E-state index contributed by atoms with van der Waals surface area (Å²) in [6.07, 6.45) is 1.31. The van der Waals surface area contributed by atoms with Gasteiger partial charge in [0.2, 0.25) is 10.0 Å². The smallest absolute Gasteiger partial charge is 0.251 e. The molecule has 27 heavy (non-hydrogen) atoms. The molecule has 144 valence electrons. The number of sulfonamides is 1. The SMILES string of the molecule is CNC(=O)c1cccc(Oc2ccc3c(c2)CC(NS(=O)(=O)C(C)C)C3)c1. The van der Waals surface area contributed by atoms with E-state index in [9.17, 15) is 13.2 Å². The lowest BCUT2D eigenvalue weighted by atomic mass is 10.1. The number of hydrogen-bond acceptors (Lipinski definition) is 4. The molecule has 1 unspecified atom stereocenters. The average molecular weight is 388 g/mol. The molecular formula is C20H24N2O4S. The highest BCUT2D eigenvalue weighted by atomic mass is 32.2. The van der Waals surface area contributed by atoms with Crippen molar-refractivity contribution in [1.29, 1.82) is 0 Å². The van der Waals surface area contributed by atoms with Crippen LogP contribution in [-0.4, -0.2) is 32.7 Å². The van der Waals surface area contributed by atoms with Gasteiger partial charge in [-0.3, -0.25) is 4.79 Å². The van der Waals surface area contributed by atoms with Crippen molar-refractivity contribution in [3.8, 4) is 11.5 Å². The maximum atomic E-state index is 12.1. The molecule has 0 radical (unpaired) electrons. The van der Waals surface area contributed by atoms with Gasteiger partial charge in [0.25, 0.3) is 5.91 Å². The predicted molar refractivity (Wildman–Crippen MR) is 105 cm³/mol.